The molecule has 0 aliphatic carbocycles. The van der Waals surface area contributed by atoms with Crippen molar-refractivity contribution >= 4 is 5.78 Å². The maximum atomic E-state index is 12.9. The Morgan fingerprint density at radius 3 is 1.75 bits per heavy atom. The number of aliphatic hydroxyl groups excluding tert-OH is 2. The molecule has 4 atom stereocenters. The summed E-state index contributed by atoms with van der Waals surface area (Å²) in [6.45, 7) is 9.82. The van der Waals surface area contributed by atoms with E-state index in [9.17, 15) is 15.0 Å². The van der Waals surface area contributed by atoms with Crippen molar-refractivity contribution in [1.82, 2.24) is 20.4 Å². The standard InChI is InChI=1S/C17H34N4O3/c1-3-13(22)9-20-7-5-18-15(11-20)17(24)16-12-21(8-6-19-16)10-14(23)4-2/h13-16,18-19,22-23H,3-12H2,1-2H3. The van der Waals surface area contributed by atoms with Gasteiger partial charge in [-0.1, -0.05) is 13.8 Å². The molecule has 0 saturated carbocycles. The average molecular weight is 342 g/mol. The highest BCUT2D eigenvalue weighted by Gasteiger charge is 2.33. The molecule has 24 heavy (non-hydrogen) atoms. The summed E-state index contributed by atoms with van der Waals surface area (Å²) >= 11 is 0. The van der Waals surface area contributed by atoms with Crippen molar-refractivity contribution in [3.05, 3.63) is 0 Å². The Morgan fingerprint density at radius 2 is 1.38 bits per heavy atom. The minimum atomic E-state index is -0.322. The summed E-state index contributed by atoms with van der Waals surface area (Å²) in [5.41, 5.74) is 0. The Kier molecular flexibility index (Phi) is 8.06. The van der Waals surface area contributed by atoms with Gasteiger partial charge in [0.1, 0.15) is 0 Å². The lowest BCUT2D eigenvalue weighted by atomic mass is 10.00. The lowest BCUT2D eigenvalue weighted by molar-refractivity contribution is -0.125. The Balaban J connectivity index is 1.85. The zero-order valence-corrected chi connectivity index (χ0v) is 15.1. The molecule has 0 amide bonds. The van der Waals surface area contributed by atoms with E-state index in [1.807, 2.05) is 13.8 Å². The summed E-state index contributed by atoms with van der Waals surface area (Å²) in [4.78, 5) is 17.2. The van der Waals surface area contributed by atoms with Gasteiger partial charge in [-0.25, -0.2) is 0 Å². The summed E-state index contributed by atoms with van der Waals surface area (Å²) in [6, 6.07) is -0.368. The number of hydrogen-bond acceptors (Lipinski definition) is 7. The topological polar surface area (TPSA) is 88.1 Å². The summed E-state index contributed by atoms with van der Waals surface area (Å²) in [5.74, 6) is 0.196. The molecule has 2 aliphatic rings. The number of ketones is 1. The van der Waals surface area contributed by atoms with Crippen molar-refractivity contribution in [3.8, 4) is 0 Å². The van der Waals surface area contributed by atoms with Crippen molar-refractivity contribution in [1.29, 1.82) is 0 Å². The van der Waals surface area contributed by atoms with Crippen molar-refractivity contribution in [2.45, 2.75) is 51.0 Å². The van der Waals surface area contributed by atoms with E-state index >= 15 is 0 Å². The van der Waals surface area contributed by atoms with E-state index in [0.29, 0.717) is 26.2 Å². The van der Waals surface area contributed by atoms with Crippen LogP contribution in [0.4, 0.5) is 0 Å². The van der Waals surface area contributed by atoms with Gasteiger partial charge in [-0.3, -0.25) is 14.6 Å². The van der Waals surface area contributed by atoms with Gasteiger partial charge < -0.3 is 20.8 Å². The van der Waals surface area contributed by atoms with Gasteiger partial charge in [-0.05, 0) is 12.8 Å². The maximum absolute atomic E-state index is 12.9. The summed E-state index contributed by atoms with van der Waals surface area (Å²) < 4.78 is 0. The van der Waals surface area contributed by atoms with Gasteiger partial charge in [0.25, 0.3) is 0 Å². The van der Waals surface area contributed by atoms with Crippen LogP contribution in [-0.2, 0) is 4.79 Å². The lowest BCUT2D eigenvalue weighted by Gasteiger charge is -2.38. The molecule has 4 N–H and O–H groups in total. The van der Waals surface area contributed by atoms with Gasteiger partial charge in [-0.2, -0.15) is 0 Å². The Hall–Kier alpha value is -0.570. The first kappa shape index (κ1) is 19.8. The minimum Gasteiger partial charge on any atom is -0.392 e. The van der Waals surface area contributed by atoms with Crippen LogP contribution in [0.25, 0.3) is 0 Å². The lowest BCUT2D eigenvalue weighted by Crippen LogP contribution is -2.63. The van der Waals surface area contributed by atoms with Crippen LogP contribution in [-0.4, -0.2) is 102 Å². The van der Waals surface area contributed by atoms with Crippen LogP contribution in [0.1, 0.15) is 26.7 Å². The molecule has 0 aromatic carbocycles. The third-order valence-electron chi connectivity index (χ3n) is 5.09. The number of Topliss-reactive ketones (excluding diaryl/α,β-unsaturated/α-hetero) is 1. The first-order valence-electron chi connectivity index (χ1n) is 9.34. The number of rotatable bonds is 8. The molecule has 0 aromatic rings. The predicted octanol–water partition coefficient (Wildman–Crippen LogP) is -1.36. The van der Waals surface area contributed by atoms with Gasteiger partial charge in [0.2, 0.25) is 0 Å². The zero-order valence-electron chi connectivity index (χ0n) is 15.1. The van der Waals surface area contributed by atoms with Crippen molar-refractivity contribution < 1.29 is 15.0 Å². The number of hydrogen-bond donors (Lipinski definition) is 4. The molecule has 7 heteroatoms. The molecule has 0 bridgehead atoms. The second-order valence-electron chi connectivity index (χ2n) is 7.06. The number of carbonyl (C=O) groups is 1. The van der Waals surface area contributed by atoms with Crippen LogP contribution in [0, 0.1) is 0 Å². The summed E-state index contributed by atoms with van der Waals surface area (Å²) in [6.07, 6.45) is 0.832. The number of piperazine rings is 2. The van der Waals surface area contributed by atoms with Crippen molar-refractivity contribution in [2.24, 2.45) is 0 Å². The van der Waals surface area contributed by atoms with E-state index in [0.717, 1.165) is 39.0 Å². The molecule has 2 heterocycles. The highest BCUT2D eigenvalue weighted by molar-refractivity contribution is 5.89. The fraction of sp³-hybridized carbons (Fsp3) is 0.941. The van der Waals surface area contributed by atoms with Gasteiger partial charge in [0.05, 0.1) is 24.3 Å². The molecule has 0 aromatic heterocycles. The number of nitrogens with one attached hydrogen (secondary N) is 2. The Labute approximate surface area is 145 Å². The van der Waals surface area contributed by atoms with Gasteiger partial charge >= 0.3 is 0 Å². The third kappa shape index (κ3) is 5.75. The van der Waals surface area contributed by atoms with Crippen LogP contribution >= 0.6 is 0 Å². The third-order valence-corrected chi connectivity index (χ3v) is 5.09. The fourth-order valence-corrected chi connectivity index (χ4v) is 3.43. The Morgan fingerprint density at radius 1 is 0.958 bits per heavy atom. The Bertz CT molecular complexity index is 362. The molecular weight excluding hydrogens is 308 g/mol. The SMILES string of the molecule is CCC(O)CN1CCNC(C(=O)C2CN(CC(O)CC)CCN2)C1. The average Bonchev–Trinajstić information content (AvgIpc) is 2.61. The molecule has 2 fully saturated rings. The van der Waals surface area contributed by atoms with Crippen LogP contribution in [0.3, 0.4) is 0 Å². The molecule has 0 spiro atoms. The summed E-state index contributed by atoms with van der Waals surface area (Å²) in [5, 5.41) is 26.3. The molecule has 7 nitrogen and oxygen atoms in total. The van der Waals surface area contributed by atoms with Crippen LogP contribution in [0.15, 0.2) is 0 Å². The number of aliphatic hydroxyl groups is 2. The minimum absolute atomic E-state index is 0.184. The van der Waals surface area contributed by atoms with Gasteiger partial charge in [0.15, 0.2) is 5.78 Å². The molecule has 140 valence electrons. The van der Waals surface area contributed by atoms with Gasteiger partial charge in [-0.15, -0.1) is 0 Å². The molecular formula is C17H34N4O3. The molecule has 4 unspecified atom stereocenters. The van der Waals surface area contributed by atoms with E-state index in [-0.39, 0.29) is 30.1 Å². The van der Waals surface area contributed by atoms with Gasteiger partial charge in [0, 0.05) is 52.4 Å². The molecule has 2 rings (SSSR count). The molecule has 0 radical (unpaired) electrons. The monoisotopic (exact) mass is 342 g/mol. The van der Waals surface area contributed by atoms with Crippen molar-refractivity contribution in [3.63, 3.8) is 0 Å². The molecule has 2 aliphatic heterocycles. The largest absolute Gasteiger partial charge is 0.392 e. The fourth-order valence-electron chi connectivity index (χ4n) is 3.43. The maximum Gasteiger partial charge on any atom is 0.169 e. The van der Waals surface area contributed by atoms with E-state index in [4.69, 9.17) is 0 Å². The zero-order chi connectivity index (χ0) is 17.5. The first-order chi connectivity index (χ1) is 11.5. The smallest absolute Gasteiger partial charge is 0.169 e. The highest BCUT2D eigenvalue weighted by Crippen LogP contribution is 2.09. The molecule has 2 saturated heterocycles. The number of β-amino-alcohol motifs (C(OH)–C–C–N with tert-alkyl or cyclic N) is 2. The van der Waals surface area contributed by atoms with E-state index in [1.165, 1.54) is 0 Å². The number of carbonyl (C=O) groups excluding carboxylic acids is 1. The number of nitrogens with zero attached hydrogens (tertiary/aromatic N) is 2. The quantitative estimate of drug-likeness (QED) is 0.434. The second-order valence-corrected chi connectivity index (χ2v) is 7.06. The second kappa shape index (κ2) is 9.79. The highest BCUT2D eigenvalue weighted by atomic mass is 16.3. The predicted molar refractivity (Wildman–Crippen MR) is 94.1 cm³/mol. The van der Waals surface area contributed by atoms with E-state index < -0.39 is 0 Å². The first-order valence-corrected chi connectivity index (χ1v) is 9.34. The normalized spacial score (nSPS) is 29.3. The van der Waals surface area contributed by atoms with Crippen LogP contribution in [0.5, 0.6) is 0 Å². The van der Waals surface area contributed by atoms with E-state index in [1.54, 1.807) is 0 Å². The van der Waals surface area contributed by atoms with E-state index in [2.05, 4.69) is 20.4 Å². The van der Waals surface area contributed by atoms with Crippen LogP contribution < -0.4 is 10.6 Å². The van der Waals surface area contributed by atoms with Crippen molar-refractivity contribution in [2.75, 3.05) is 52.4 Å². The van der Waals surface area contributed by atoms with Crippen LogP contribution in [0.2, 0.25) is 0 Å². The summed E-state index contributed by atoms with van der Waals surface area (Å²) in [7, 11) is 0.